The van der Waals surface area contributed by atoms with E-state index in [0.717, 1.165) is 23.8 Å². The Hall–Kier alpha value is -3.13. The molecule has 3 aromatic rings. The zero-order chi connectivity index (χ0) is 20.5. The smallest absolute Gasteiger partial charge is 0.338 e. The van der Waals surface area contributed by atoms with Crippen molar-refractivity contribution >= 4 is 23.3 Å². The van der Waals surface area contributed by atoms with Crippen LogP contribution in [0.4, 0.5) is 4.39 Å². The van der Waals surface area contributed by atoms with Crippen LogP contribution in [-0.2, 0) is 0 Å². The Labute approximate surface area is 170 Å². The maximum atomic E-state index is 13.9. The first-order chi connectivity index (χ1) is 13.9. The SMILES string of the molecule is CC(Oc1ccc(C(=O)C2CC2)cn1)c1cc(-c2ccc(C(=O)O)c(F)c2)ns1. The monoisotopic (exact) mass is 412 g/mol. The Balaban J connectivity index is 1.45. The van der Waals surface area contributed by atoms with Gasteiger partial charge in [0, 0.05) is 29.3 Å². The summed E-state index contributed by atoms with van der Waals surface area (Å²) in [6.45, 7) is 1.84. The van der Waals surface area contributed by atoms with Crippen LogP contribution in [0.5, 0.6) is 5.88 Å². The van der Waals surface area contributed by atoms with Gasteiger partial charge in [0.1, 0.15) is 11.9 Å². The third-order valence-corrected chi connectivity index (χ3v) is 5.64. The van der Waals surface area contributed by atoms with E-state index in [-0.39, 0.29) is 23.4 Å². The van der Waals surface area contributed by atoms with Crippen LogP contribution in [0.15, 0.2) is 42.6 Å². The van der Waals surface area contributed by atoms with Crippen LogP contribution in [0.25, 0.3) is 11.3 Å². The van der Waals surface area contributed by atoms with Crippen LogP contribution in [0.3, 0.4) is 0 Å². The summed E-state index contributed by atoms with van der Waals surface area (Å²) in [5.74, 6) is -1.44. The molecule has 1 fully saturated rings. The number of aromatic carboxylic acids is 1. The van der Waals surface area contributed by atoms with E-state index in [0.29, 0.717) is 22.7 Å². The average molecular weight is 412 g/mol. The number of benzene rings is 1. The molecule has 4 rings (SSSR count). The number of aromatic nitrogens is 2. The number of rotatable bonds is 7. The van der Waals surface area contributed by atoms with Crippen molar-refractivity contribution < 1.29 is 23.8 Å². The number of carbonyl (C=O) groups excluding carboxylic acids is 1. The van der Waals surface area contributed by atoms with Crippen LogP contribution in [-0.4, -0.2) is 26.2 Å². The van der Waals surface area contributed by atoms with E-state index >= 15 is 0 Å². The van der Waals surface area contributed by atoms with Crippen molar-refractivity contribution in [1.29, 1.82) is 0 Å². The maximum absolute atomic E-state index is 13.9. The fraction of sp³-hybridized carbons (Fsp3) is 0.238. The van der Waals surface area contributed by atoms with Crippen LogP contribution in [0.1, 0.15) is 51.5 Å². The summed E-state index contributed by atoms with van der Waals surface area (Å²) in [5.41, 5.74) is 1.24. The van der Waals surface area contributed by atoms with Gasteiger partial charge in [0.25, 0.3) is 0 Å². The molecular weight excluding hydrogens is 395 g/mol. The van der Waals surface area contributed by atoms with Gasteiger partial charge < -0.3 is 9.84 Å². The molecule has 2 heterocycles. The molecule has 0 radical (unpaired) electrons. The summed E-state index contributed by atoms with van der Waals surface area (Å²) in [5, 5.41) is 8.93. The second-order valence-corrected chi connectivity index (χ2v) is 7.73. The van der Waals surface area contributed by atoms with Crippen molar-refractivity contribution in [3.8, 4) is 17.1 Å². The molecule has 1 aromatic carbocycles. The van der Waals surface area contributed by atoms with Crippen molar-refractivity contribution in [3.63, 3.8) is 0 Å². The molecule has 1 N–H and O–H groups in total. The first-order valence-electron chi connectivity index (χ1n) is 9.09. The largest absolute Gasteiger partial charge is 0.478 e. The van der Waals surface area contributed by atoms with Crippen molar-refractivity contribution in [2.24, 2.45) is 5.92 Å². The first kappa shape index (κ1) is 19.2. The first-order valence-corrected chi connectivity index (χ1v) is 9.86. The molecule has 1 saturated carbocycles. The molecule has 1 atom stereocenters. The lowest BCUT2D eigenvalue weighted by molar-refractivity contribution is 0.0691. The molecule has 148 valence electrons. The van der Waals surface area contributed by atoms with Gasteiger partial charge in [-0.25, -0.2) is 14.2 Å². The Kier molecular flexibility index (Phi) is 5.10. The minimum absolute atomic E-state index is 0.130. The predicted molar refractivity (Wildman–Crippen MR) is 105 cm³/mol. The van der Waals surface area contributed by atoms with Gasteiger partial charge in [-0.05, 0) is 55.6 Å². The number of halogens is 1. The molecule has 1 aliphatic rings. The topological polar surface area (TPSA) is 89.4 Å². The Morgan fingerprint density at radius 2 is 2.03 bits per heavy atom. The van der Waals surface area contributed by atoms with E-state index < -0.39 is 11.8 Å². The summed E-state index contributed by atoms with van der Waals surface area (Å²) in [6, 6.07) is 9.07. The lowest BCUT2D eigenvalue weighted by atomic mass is 10.1. The highest BCUT2D eigenvalue weighted by Gasteiger charge is 2.30. The standard InChI is InChI=1S/C21H17FN2O4S/c1-11(28-19-7-5-14(10-23-19)20(25)12-2-3-12)18-9-17(24-29-18)13-4-6-15(21(26)27)16(22)8-13/h4-12H,2-3H2,1H3,(H,26,27). The number of ketones is 1. The second kappa shape index (κ2) is 7.71. The molecule has 6 nitrogen and oxygen atoms in total. The Morgan fingerprint density at radius 1 is 1.24 bits per heavy atom. The molecule has 0 amide bonds. The number of Topliss-reactive ketones (excluding diaryl/α,β-unsaturated/α-hetero) is 1. The molecule has 8 heteroatoms. The minimum atomic E-state index is -1.31. The van der Waals surface area contributed by atoms with Gasteiger partial charge in [0.2, 0.25) is 5.88 Å². The molecule has 0 aliphatic heterocycles. The lowest BCUT2D eigenvalue weighted by Gasteiger charge is -2.11. The van der Waals surface area contributed by atoms with Crippen LogP contribution >= 0.6 is 11.5 Å². The zero-order valence-electron chi connectivity index (χ0n) is 15.5. The number of nitrogens with zero attached hydrogens (tertiary/aromatic N) is 2. The fourth-order valence-corrected chi connectivity index (χ4v) is 3.60. The van der Waals surface area contributed by atoms with Crippen molar-refractivity contribution in [2.45, 2.75) is 25.9 Å². The van der Waals surface area contributed by atoms with Crippen molar-refractivity contribution in [1.82, 2.24) is 9.36 Å². The van der Waals surface area contributed by atoms with E-state index in [2.05, 4.69) is 9.36 Å². The molecule has 1 aliphatic carbocycles. The second-order valence-electron chi connectivity index (χ2n) is 6.90. The van der Waals surface area contributed by atoms with E-state index in [9.17, 15) is 14.0 Å². The molecular formula is C21H17FN2O4S. The third kappa shape index (κ3) is 4.17. The highest BCUT2D eigenvalue weighted by atomic mass is 32.1. The number of carboxylic acid groups (broad SMARTS) is 1. The molecule has 0 saturated heterocycles. The number of hydrogen-bond donors (Lipinski definition) is 1. The van der Waals surface area contributed by atoms with Crippen molar-refractivity contribution in [3.05, 3.63) is 64.4 Å². The minimum Gasteiger partial charge on any atom is -0.478 e. The van der Waals surface area contributed by atoms with Gasteiger partial charge in [-0.2, -0.15) is 4.37 Å². The van der Waals surface area contributed by atoms with Gasteiger partial charge in [-0.1, -0.05) is 6.07 Å². The Morgan fingerprint density at radius 3 is 2.66 bits per heavy atom. The van der Waals surface area contributed by atoms with Crippen molar-refractivity contribution in [2.75, 3.05) is 0 Å². The number of pyridine rings is 1. The van der Waals surface area contributed by atoms with E-state index in [1.54, 1.807) is 18.2 Å². The molecule has 0 bridgehead atoms. The number of hydrogen-bond acceptors (Lipinski definition) is 6. The summed E-state index contributed by atoms with van der Waals surface area (Å²) >= 11 is 1.21. The van der Waals surface area contributed by atoms with Gasteiger partial charge in [0.05, 0.1) is 16.1 Å². The summed E-state index contributed by atoms with van der Waals surface area (Å²) < 4.78 is 24.1. The quantitative estimate of drug-likeness (QED) is 0.562. The Bertz CT molecular complexity index is 1080. The fourth-order valence-electron chi connectivity index (χ4n) is 2.88. The van der Waals surface area contributed by atoms with Gasteiger partial charge in [0.15, 0.2) is 5.78 Å². The van der Waals surface area contributed by atoms with Crippen LogP contribution in [0.2, 0.25) is 0 Å². The maximum Gasteiger partial charge on any atom is 0.338 e. The molecule has 1 unspecified atom stereocenters. The van der Waals surface area contributed by atoms with Crippen LogP contribution in [0, 0.1) is 11.7 Å². The lowest BCUT2D eigenvalue weighted by Crippen LogP contribution is -2.05. The average Bonchev–Trinajstić information content (AvgIpc) is 3.43. The molecule has 29 heavy (non-hydrogen) atoms. The van der Waals surface area contributed by atoms with Gasteiger partial charge in [-0.3, -0.25) is 4.79 Å². The summed E-state index contributed by atoms with van der Waals surface area (Å²) in [4.78, 5) is 28.0. The molecule has 2 aromatic heterocycles. The zero-order valence-corrected chi connectivity index (χ0v) is 16.3. The summed E-state index contributed by atoms with van der Waals surface area (Å²) in [6.07, 6.45) is 3.09. The summed E-state index contributed by atoms with van der Waals surface area (Å²) in [7, 11) is 0. The van der Waals surface area contributed by atoms with E-state index in [4.69, 9.17) is 9.84 Å². The molecule has 0 spiro atoms. The number of carbonyl (C=O) groups is 2. The van der Waals surface area contributed by atoms with E-state index in [1.807, 2.05) is 6.92 Å². The van der Waals surface area contributed by atoms with Gasteiger partial charge in [-0.15, -0.1) is 0 Å². The number of carboxylic acids is 1. The number of ether oxygens (including phenoxy) is 1. The van der Waals surface area contributed by atoms with E-state index in [1.165, 1.54) is 29.9 Å². The van der Waals surface area contributed by atoms with Crippen LogP contribution < -0.4 is 4.74 Å². The highest BCUT2D eigenvalue weighted by Crippen LogP contribution is 2.33. The third-order valence-electron chi connectivity index (χ3n) is 4.69. The predicted octanol–water partition coefficient (Wildman–Crippen LogP) is 4.78. The van der Waals surface area contributed by atoms with Gasteiger partial charge >= 0.3 is 5.97 Å². The highest BCUT2D eigenvalue weighted by molar-refractivity contribution is 7.06. The normalized spacial score (nSPS) is 14.4.